The molecule has 0 radical (unpaired) electrons. The first-order chi connectivity index (χ1) is 14.7. The number of carbonyl (C=O) groups is 2. The lowest BCUT2D eigenvalue weighted by atomic mass is 10.1. The van der Waals surface area contributed by atoms with E-state index >= 15 is 0 Å². The zero-order valence-corrected chi connectivity index (χ0v) is 15.9. The molecule has 1 aliphatic heterocycles. The van der Waals surface area contributed by atoms with Gasteiger partial charge in [-0.3, -0.25) is 14.6 Å². The Morgan fingerprint density at radius 1 is 1.26 bits per heavy atom. The van der Waals surface area contributed by atoms with Crippen LogP contribution in [0.15, 0.2) is 53.6 Å². The van der Waals surface area contributed by atoms with E-state index in [1.807, 2.05) is 0 Å². The number of anilines is 2. The van der Waals surface area contributed by atoms with Gasteiger partial charge in [0.05, 0.1) is 11.3 Å². The fourth-order valence-corrected chi connectivity index (χ4v) is 2.87. The zero-order valence-electron chi connectivity index (χ0n) is 15.9. The van der Waals surface area contributed by atoms with Crippen molar-refractivity contribution in [2.45, 2.75) is 18.6 Å². The molecule has 11 heteroatoms. The highest BCUT2D eigenvalue weighted by Gasteiger charge is 2.35. The molecule has 0 saturated carbocycles. The van der Waals surface area contributed by atoms with Gasteiger partial charge in [0.2, 0.25) is 5.91 Å². The van der Waals surface area contributed by atoms with E-state index in [0.717, 1.165) is 6.07 Å². The maximum atomic E-state index is 12.6. The molecule has 3 N–H and O–H groups in total. The second kappa shape index (κ2) is 8.74. The second-order valence-electron chi connectivity index (χ2n) is 6.53. The summed E-state index contributed by atoms with van der Waals surface area (Å²) in [6, 6.07) is 13.2. The molecule has 1 aliphatic rings. The summed E-state index contributed by atoms with van der Waals surface area (Å²) >= 11 is 0. The van der Waals surface area contributed by atoms with Crippen LogP contribution in [0.1, 0.15) is 12.0 Å². The van der Waals surface area contributed by atoms with E-state index in [1.165, 1.54) is 17.1 Å². The van der Waals surface area contributed by atoms with Gasteiger partial charge in [0.25, 0.3) is 5.91 Å². The van der Waals surface area contributed by atoms with Crippen LogP contribution in [-0.4, -0.2) is 36.4 Å². The number of rotatable bonds is 6. The molecule has 160 valence electrons. The maximum Gasteiger partial charge on any atom is 0.422 e. The molecule has 1 atom stereocenters. The zero-order chi connectivity index (χ0) is 22.6. The largest absolute Gasteiger partial charge is 0.483 e. The van der Waals surface area contributed by atoms with Crippen molar-refractivity contribution in [1.29, 1.82) is 5.26 Å². The minimum absolute atomic E-state index is 0.0311. The summed E-state index contributed by atoms with van der Waals surface area (Å²) in [5.41, 5.74) is 6.01. The van der Waals surface area contributed by atoms with Crippen molar-refractivity contribution in [2.75, 3.05) is 16.9 Å². The third kappa shape index (κ3) is 5.30. The lowest BCUT2D eigenvalue weighted by Gasteiger charge is -2.20. The molecule has 3 rings (SSSR count). The number of alkyl halides is 3. The van der Waals surface area contributed by atoms with Gasteiger partial charge in [-0.15, -0.1) is 0 Å². The standard InChI is InChI=1S/C20H16F3N5O3/c21-20(22,23)11-31-17-7-6-13(8-12(17)10-24)26-19(30)15-9-16(18(25)29)28(27-15)14-4-2-1-3-5-14/h1-8,16H,9,11H2,(H2,25,29)(H,26,30). The van der Waals surface area contributed by atoms with Gasteiger partial charge in [0, 0.05) is 12.1 Å². The summed E-state index contributed by atoms with van der Waals surface area (Å²) in [7, 11) is 0. The molecule has 31 heavy (non-hydrogen) atoms. The topological polar surface area (TPSA) is 121 Å². The van der Waals surface area contributed by atoms with Gasteiger partial charge < -0.3 is 15.8 Å². The maximum absolute atomic E-state index is 12.6. The van der Waals surface area contributed by atoms with E-state index in [4.69, 9.17) is 11.0 Å². The Labute approximate surface area is 174 Å². The molecule has 8 nitrogen and oxygen atoms in total. The number of carbonyl (C=O) groups excluding carboxylic acids is 2. The minimum Gasteiger partial charge on any atom is -0.483 e. The average molecular weight is 431 g/mol. The van der Waals surface area contributed by atoms with Crippen LogP contribution >= 0.6 is 0 Å². The van der Waals surface area contributed by atoms with Gasteiger partial charge in [-0.25, -0.2) is 0 Å². The van der Waals surface area contributed by atoms with Crippen molar-refractivity contribution in [3.05, 3.63) is 54.1 Å². The van der Waals surface area contributed by atoms with Crippen molar-refractivity contribution < 1.29 is 27.5 Å². The Hall–Kier alpha value is -4.07. The predicted octanol–water partition coefficient (Wildman–Crippen LogP) is 2.56. The van der Waals surface area contributed by atoms with Gasteiger partial charge in [-0.05, 0) is 30.3 Å². The summed E-state index contributed by atoms with van der Waals surface area (Å²) in [5.74, 6) is -1.56. The molecule has 2 amide bonds. The number of nitrogens with two attached hydrogens (primary N) is 1. The van der Waals surface area contributed by atoms with Crippen molar-refractivity contribution in [3.8, 4) is 11.8 Å². The lowest BCUT2D eigenvalue weighted by Crippen LogP contribution is -2.39. The lowest BCUT2D eigenvalue weighted by molar-refractivity contribution is -0.153. The number of benzene rings is 2. The van der Waals surface area contributed by atoms with E-state index in [-0.39, 0.29) is 29.1 Å². The second-order valence-corrected chi connectivity index (χ2v) is 6.53. The molecule has 0 fully saturated rings. The first-order valence-electron chi connectivity index (χ1n) is 8.94. The van der Waals surface area contributed by atoms with Crippen LogP contribution < -0.4 is 20.8 Å². The van der Waals surface area contributed by atoms with E-state index in [2.05, 4.69) is 15.2 Å². The van der Waals surface area contributed by atoms with Gasteiger partial charge in [-0.2, -0.15) is 23.5 Å². The molecule has 2 aromatic carbocycles. The molecule has 0 aliphatic carbocycles. The van der Waals surface area contributed by atoms with Gasteiger partial charge in [0.1, 0.15) is 23.6 Å². The van der Waals surface area contributed by atoms with Crippen molar-refractivity contribution >= 4 is 28.9 Å². The number of ether oxygens (including phenoxy) is 1. The SMILES string of the molecule is N#Cc1cc(NC(=O)C2=NN(c3ccccc3)C(C(N)=O)C2)ccc1OCC(F)(F)F. The number of halogens is 3. The Bertz CT molecular complexity index is 1060. The van der Waals surface area contributed by atoms with Crippen LogP contribution in [0.3, 0.4) is 0 Å². The van der Waals surface area contributed by atoms with Crippen LogP contribution in [0, 0.1) is 11.3 Å². The Kier molecular flexibility index (Phi) is 6.10. The average Bonchev–Trinajstić information content (AvgIpc) is 3.19. The molecule has 1 heterocycles. The normalized spacial score (nSPS) is 15.7. The number of nitrogens with one attached hydrogen (secondary N) is 1. The molecule has 1 unspecified atom stereocenters. The highest BCUT2D eigenvalue weighted by molar-refractivity contribution is 6.44. The Balaban J connectivity index is 1.76. The summed E-state index contributed by atoms with van der Waals surface area (Å²) in [6.45, 7) is -1.55. The number of hydrazone groups is 1. The van der Waals surface area contributed by atoms with Crippen LogP contribution in [0.25, 0.3) is 0 Å². The molecular weight excluding hydrogens is 415 g/mol. The summed E-state index contributed by atoms with van der Waals surface area (Å²) in [4.78, 5) is 24.4. The van der Waals surface area contributed by atoms with Gasteiger partial charge >= 0.3 is 6.18 Å². The smallest absolute Gasteiger partial charge is 0.422 e. The minimum atomic E-state index is -4.55. The van der Waals surface area contributed by atoms with Crippen LogP contribution in [0.5, 0.6) is 5.75 Å². The summed E-state index contributed by atoms with van der Waals surface area (Å²) < 4.78 is 41.6. The molecular formula is C20H16F3N5O3. The first kappa shape index (κ1) is 21.6. The fourth-order valence-electron chi connectivity index (χ4n) is 2.87. The molecule has 0 bridgehead atoms. The molecule has 0 aromatic heterocycles. The highest BCUT2D eigenvalue weighted by atomic mass is 19.4. The van der Waals surface area contributed by atoms with Crippen LogP contribution in [-0.2, 0) is 9.59 Å². The Morgan fingerprint density at radius 2 is 1.97 bits per heavy atom. The predicted molar refractivity (Wildman–Crippen MR) is 105 cm³/mol. The Morgan fingerprint density at radius 3 is 2.58 bits per heavy atom. The van der Waals surface area contributed by atoms with Crippen LogP contribution in [0.2, 0.25) is 0 Å². The number of nitriles is 1. The quantitative estimate of drug-likeness (QED) is 0.728. The molecule has 0 spiro atoms. The van der Waals surface area contributed by atoms with Crippen LogP contribution in [0.4, 0.5) is 24.5 Å². The number of nitrogens with zero attached hydrogens (tertiary/aromatic N) is 3. The van der Waals surface area contributed by atoms with E-state index in [0.29, 0.717) is 5.69 Å². The van der Waals surface area contributed by atoms with E-state index in [9.17, 15) is 22.8 Å². The van der Waals surface area contributed by atoms with Crippen molar-refractivity contribution in [1.82, 2.24) is 0 Å². The first-order valence-corrected chi connectivity index (χ1v) is 8.94. The summed E-state index contributed by atoms with van der Waals surface area (Å²) in [6.07, 6.45) is -4.59. The van der Waals surface area contributed by atoms with Gasteiger partial charge in [0.15, 0.2) is 6.61 Å². The van der Waals surface area contributed by atoms with Gasteiger partial charge in [-0.1, -0.05) is 18.2 Å². The third-order valence-corrected chi connectivity index (χ3v) is 4.27. The third-order valence-electron chi connectivity index (χ3n) is 4.27. The van der Waals surface area contributed by atoms with E-state index in [1.54, 1.807) is 36.4 Å². The van der Waals surface area contributed by atoms with E-state index < -0.39 is 30.6 Å². The number of amides is 2. The van der Waals surface area contributed by atoms with Crippen molar-refractivity contribution in [2.24, 2.45) is 10.8 Å². The number of para-hydroxylation sites is 1. The number of primary amides is 1. The number of hydrogen-bond donors (Lipinski definition) is 2. The fraction of sp³-hybridized carbons (Fsp3) is 0.200. The highest BCUT2D eigenvalue weighted by Crippen LogP contribution is 2.27. The van der Waals surface area contributed by atoms with Crippen molar-refractivity contribution in [3.63, 3.8) is 0 Å². The molecule has 0 saturated heterocycles. The summed E-state index contributed by atoms with van der Waals surface area (Å²) in [5, 5.41) is 17.2. The molecule has 2 aromatic rings. The number of hydrogen-bond acceptors (Lipinski definition) is 6. The monoisotopic (exact) mass is 431 g/mol.